The van der Waals surface area contributed by atoms with E-state index in [1.54, 1.807) is 6.07 Å². The second-order valence-corrected chi connectivity index (χ2v) is 6.28. The molecule has 0 aliphatic heterocycles. The van der Waals surface area contributed by atoms with Gasteiger partial charge in [-0.2, -0.15) is 4.80 Å². The van der Waals surface area contributed by atoms with Gasteiger partial charge in [0, 0.05) is 0 Å². The fourth-order valence-corrected chi connectivity index (χ4v) is 2.74. The van der Waals surface area contributed by atoms with Crippen LogP contribution in [0.25, 0.3) is 10.8 Å². The Morgan fingerprint density at radius 1 is 1.26 bits per heavy atom. The number of aromatic nitrogens is 4. The van der Waals surface area contributed by atoms with Crippen LogP contribution in [0.5, 0.6) is 5.75 Å². The predicted octanol–water partition coefficient (Wildman–Crippen LogP) is 2.76. The molecule has 0 radical (unpaired) electrons. The maximum absolute atomic E-state index is 12.6. The molecule has 0 spiro atoms. The lowest BCUT2D eigenvalue weighted by Crippen LogP contribution is -2.34. The number of tetrazole rings is 1. The number of nitrogens with zero attached hydrogens (tertiary/aromatic N) is 4. The Morgan fingerprint density at radius 2 is 2.00 bits per heavy atom. The van der Waals surface area contributed by atoms with Crippen LogP contribution in [-0.2, 0) is 6.54 Å². The van der Waals surface area contributed by atoms with Crippen LogP contribution in [0, 0.1) is 0 Å². The van der Waals surface area contributed by atoms with E-state index in [1.165, 1.54) is 11.9 Å². The van der Waals surface area contributed by atoms with Crippen LogP contribution in [0.4, 0.5) is 5.95 Å². The van der Waals surface area contributed by atoms with E-state index in [0.717, 1.165) is 23.6 Å². The molecule has 0 fully saturated rings. The number of anilines is 1. The summed E-state index contributed by atoms with van der Waals surface area (Å²) in [5, 5.41) is 19.4. The van der Waals surface area contributed by atoms with Gasteiger partial charge in [-0.05, 0) is 46.8 Å². The SMILES string of the molecule is CCCCn1nnc(NC(=S)NC(=O)c2cc3ccccc3cc2OC)n1. The molecule has 27 heavy (non-hydrogen) atoms. The molecule has 0 saturated heterocycles. The van der Waals surface area contributed by atoms with E-state index in [2.05, 4.69) is 33.0 Å². The highest BCUT2D eigenvalue weighted by atomic mass is 32.1. The molecule has 0 aliphatic carbocycles. The summed E-state index contributed by atoms with van der Waals surface area (Å²) >= 11 is 5.18. The first-order valence-corrected chi connectivity index (χ1v) is 8.98. The Balaban J connectivity index is 1.70. The van der Waals surface area contributed by atoms with Crippen molar-refractivity contribution in [3.8, 4) is 5.75 Å². The molecule has 2 N–H and O–H groups in total. The minimum Gasteiger partial charge on any atom is -0.496 e. The zero-order valence-corrected chi connectivity index (χ0v) is 15.9. The van der Waals surface area contributed by atoms with Crippen LogP contribution in [0.1, 0.15) is 30.1 Å². The van der Waals surface area contributed by atoms with Crippen LogP contribution in [-0.4, -0.2) is 38.3 Å². The van der Waals surface area contributed by atoms with Gasteiger partial charge in [0.05, 0.1) is 19.2 Å². The Hall–Kier alpha value is -3.07. The van der Waals surface area contributed by atoms with Gasteiger partial charge in [0.2, 0.25) is 0 Å². The Labute approximate surface area is 161 Å². The van der Waals surface area contributed by atoms with Gasteiger partial charge in [0.25, 0.3) is 11.9 Å². The zero-order chi connectivity index (χ0) is 19.2. The number of aryl methyl sites for hydroxylation is 1. The van der Waals surface area contributed by atoms with Crippen LogP contribution >= 0.6 is 12.2 Å². The molecule has 1 amide bonds. The molecule has 3 rings (SSSR count). The monoisotopic (exact) mass is 384 g/mol. The smallest absolute Gasteiger partial charge is 0.269 e. The summed E-state index contributed by atoms with van der Waals surface area (Å²) in [6, 6.07) is 11.3. The average Bonchev–Trinajstić information content (AvgIpc) is 3.12. The van der Waals surface area contributed by atoms with Crippen molar-refractivity contribution in [3.63, 3.8) is 0 Å². The van der Waals surface area contributed by atoms with Crippen molar-refractivity contribution in [3.05, 3.63) is 42.0 Å². The molecule has 140 valence electrons. The highest BCUT2D eigenvalue weighted by Crippen LogP contribution is 2.25. The number of carbonyl (C=O) groups is 1. The number of benzene rings is 2. The van der Waals surface area contributed by atoms with Gasteiger partial charge in [-0.15, -0.1) is 5.10 Å². The van der Waals surface area contributed by atoms with Gasteiger partial charge in [-0.1, -0.05) is 42.7 Å². The maximum Gasteiger partial charge on any atom is 0.269 e. The van der Waals surface area contributed by atoms with E-state index in [0.29, 0.717) is 17.9 Å². The highest BCUT2D eigenvalue weighted by Gasteiger charge is 2.16. The molecule has 9 heteroatoms. The van der Waals surface area contributed by atoms with E-state index >= 15 is 0 Å². The molecule has 0 unspecified atom stereocenters. The largest absolute Gasteiger partial charge is 0.496 e. The van der Waals surface area contributed by atoms with Crippen molar-refractivity contribution < 1.29 is 9.53 Å². The highest BCUT2D eigenvalue weighted by molar-refractivity contribution is 7.80. The summed E-state index contributed by atoms with van der Waals surface area (Å²) < 4.78 is 5.35. The second kappa shape index (κ2) is 8.54. The number of rotatable bonds is 6. The van der Waals surface area contributed by atoms with Crippen LogP contribution < -0.4 is 15.4 Å². The van der Waals surface area contributed by atoms with E-state index < -0.39 is 0 Å². The van der Waals surface area contributed by atoms with E-state index in [-0.39, 0.29) is 17.0 Å². The molecule has 0 saturated carbocycles. The standard InChI is InChI=1S/C18H20N6O2S/c1-3-4-9-24-22-17(21-23-24)20-18(27)19-16(25)14-10-12-7-5-6-8-13(12)11-15(14)26-2/h5-8,10-11H,3-4,9H2,1-2H3,(H2,19,20,22,25,27). The number of thiocarbonyl (C=S) groups is 1. The number of methoxy groups -OCH3 is 1. The molecule has 3 aromatic rings. The summed E-state index contributed by atoms with van der Waals surface area (Å²) in [5.74, 6) is 0.327. The molecule has 2 aromatic carbocycles. The Morgan fingerprint density at radius 3 is 2.70 bits per heavy atom. The third kappa shape index (κ3) is 4.56. The summed E-state index contributed by atoms with van der Waals surface area (Å²) in [7, 11) is 1.52. The topological polar surface area (TPSA) is 94.0 Å². The second-order valence-electron chi connectivity index (χ2n) is 5.87. The fraction of sp³-hybridized carbons (Fsp3) is 0.278. The molecule has 0 bridgehead atoms. The van der Waals surface area contributed by atoms with Crippen LogP contribution in [0.15, 0.2) is 36.4 Å². The number of unbranched alkanes of at least 4 members (excludes halogenated alkanes) is 1. The normalized spacial score (nSPS) is 10.6. The quantitative estimate of drug-likeness (QED) is 0.631. The minimum atomic E-state index is -0.381. The number of hydrogen-bond acceptors (Lipinski definition) is 6. The first-order valence-electron chi connectivity index (χ1n) is 8.57. The van der Waals surface area contributed by atoms with Crippen molar-refractivity contribution in [2.75, 3.05) is 12.4 Å². The van der Waals surface area contributed by atoms with Crippen molar-refractivity contribution >= 4 is 40.0 Å². The number of ether oxygens (including phenoxy) is 1. The van der Waals surface area contributed by atoms with Gasteiger partial charge in [0.1, 0.15) is 5.75 Å². The first kappa shape index (κ1) is 18.7. The van der Waals surface area contributed by atoms with E-state index in [1.807, 2.05) is 30.3 Å². The van der Waals surface area contributed by atoms with Gasteiger partial charge >= 0.3 is 0 Å². The summed E-state index contributed by atoms with van der Waals surface area (Å²) in [5.41, 5.74) is 0.389. The summed E-state index contributed by atoms with van der Waals surface area (Å²) in [4.78, 5) is 14.1. The lowest BCUT2D eigenvalue weighted by atomic mass is 10.1. The molecule has 1 heterocycles. The number of nitrogens with one attached hydrogen (secondary N) is 2. The average molecular weight is 384 g/mol. The Bertz CT molecular complexity index is 971. The van der Waals surface area contributed by atoms with Gasteiger partial charge in [-0.3, -0.25) is 15.4 Å². The molecule has 0 aliphatic rings. The molecule has 1 aromatic heterocycles. The third-order valence-electron chi connectivity index (χ3n) is 3.93. The lowest BCUT2D eigenvalue weighted by molar-refractivity contribution is 0.0975. The lowest BCUT2D eigenvalue weighted by Gasteiger charge is -2.11. The Kier molecular flexibility index (Phi) is 5.92. The van der Waals surface area contributed by atoms with Gasteiger partial charge in [-0.25, -0.2) is 0 Å². The van der Waals surface area contributed by atoms with E-state index in [4.69, 9.17) is 17.0 Å². The summed E-state index contributed by atoms with van der Waals surface area (Å²) in [6.07, 6.45) is 1.99. The first-order chi connectivity index (χ1) is 13.1. The number of amides is 1. The summed E-state index contributed by atoms with van der Waals surface area (Å²) in [6.45, 7) is 2.76. The van der Waals surface area contributed by atoms with Crippen molar-refractivity contribution in [1.82, 2.24) is 25.5 Å². The maximum atomic E-state index is 12.6. The van der Waals surface area contributed by atoms with Crippen molar-refractivity contribution in [2.45, 2.75) is 26.3 Å². The number of hydrogen-bond donors (Lipinski definition) is 2. The number of carbonyl (C=O) groups excluding carboxylic acids is 1. The zero-order valence-electron chi connectivity index (χ0n) is 15.1. The van der Waals surface area contributed by atoms with Crippen LogP contribution in [0.3, 0.4) is 0 Å². The van der Waals surface area contributed by atoms with E-state index in [9.17, 15) is 4.79 Å². The molecular weight excluding hydrogens is 364 g/mol. The van der Waals surface area contributed by atoms with Crippen molar-refractivity contribution in [1.29, 1.82) is 0 Å². The van der Waals surface area contributed by atoms with Crippen LogP contribution in [0.2, 0.25) is 0 Å². The molecular formula is C18H20N6O2S. The molecule has 8 nitrogen and oxygen atoms in total. The fourth-order valence-electron chi connectivity index (χ4n) is 2.56. The minimum absolute atomic E-state index is 0.0882. The molecule has 0 atom stereocenters. The number of fused-ring (bicyclic) bond motifs is 1. The predicted molar refractivity (Wildman–Crippen MR) is 107 cm³/mol. The van der Waals surface area contributed by atoms with Gasteiger partial charge < -0.3 is 4.74 Å². The third-order valence-corrected chi connectivity index (χ3v) is 4.13. The van der Waals surface area contributed by atoms with Crippen molar-refractivity contribution in [2.24, 2.45) is 0 Å². The van der Waals surface area contributed by atoms with Gasteiger partial charge in [0.15, 0.2) is 5.11 Å².